The number of ether oxygens (including phenoxy) is 6. The summed E-state index contributed by atoms with van der Waals surface area (Å²) in [6.07, 6.45) is -10.9. The van der Waals surface area contributed by atoms with Crippen molar-refractivity contribution in [2.24, 2.45) is 0 Å². The van der Waals surface area contributed by atoms with Gasteiger partial charge in [0, 0.05) is 21.3 Å². The van der Waals surface area contributed by atoms with E-state index in [0.717, 1.165) is 0 Å². The minimum Gasteiger partial charge on any atom is -0.387 e. The Bertz CT molecular complexity index is 438. The summed E-state index contributed by atoms with van der Waals surface area (Å²) < 4.78 is 31.6. The molecule has 0 unspecified atom stereocenters. The van der Waals surface area contributed by atoms with E-state index in [1.165, 1.54) is 21.3 Å². The minimum absolute atomic E-state index is 0.0191. The smallest absolute Gasteiger partial charge is 0.224 e. The van der Waals surface area contributed by atoms with Gasteiger partial charge >= 0.3 is 0 Å². The van der Waals surface area contributed by atoms with Crippen molar-refractivity contribution in [2.75, 3.05) is 41.2 Å². The second-order valence-corrected chi connectivity index (χ2v) is 6.38. The maximum atomic E-state index is 10.4. The molecule has 2 fully saturated rings. The van der Waals surface area contributed by atoms with E-state index in [1.807, 2.05) is 0 Å². The largest absolute Gasteiger partial charge is 0.387 e. The standard InChI is InChI=1S/C15H28O11/c1-21-4-7-9(16)11(18)12(19)14(24-7)26-15(6-23-3)13(20)10(17)8(25-15)5-22-2/h7-14,16-20H,4-6H2,1-3H3/t7-,8+,9-,10+,11+,12-,13-,14+,15+/m0/s1. The highest BCUT2D eigenvalue weighted by Crippen LogP contribution is 2.36. The van der Waals surface area contributed by atoms with Crippen LogP contribution in [0.15, 0.2) is 0 Å². The van der Waals surface area contributed by atoms with E-state index in [2.05, 4.69) is 0 Å². The van der Waals surface area contributed by atoms with Crippen LogP contribution in [-0.2, 0) is 28.4 Å². The van der Waals surface area contributed by atoms with Gasteiger partial charge in [0.05, 0.1) is 13.2 Å². The average molecular weight is 384 g/mol. The van der Waals surface area contributed by atoms with Crippen molar-refractivity contribution in [1.29, 1.82) is 0 Å². The summed E-state index contributed by atoms with van der Waals surface area (Å²) in [6, 6.07) is 0. The zero-order chi connectivity index (χ0) is 19.5. The maximum Gasteiger partial charge on any atom is 0.224 e. The van der Waals surface area contributed by atoms with Crippen LogP contribution in [0.1, 0.15) is 0 Å². The first kappa shape index (κ1) is 21.9. The monoisotopic (exact) mass is 384 g/mol. The van der Waals surface area contributed by atoms with Gasteiger partial charge in [-0.3, -0.25) is 0 Å². The van der Waals surface area contributed by atoms with Crippen LogP contribution in [0.5, 0.6) is 0 Å². The van der Waals surface area contributed by atoms with E-state index in [4.69, 9.17) is 28.4 Å². The second-order valence-electron chi connectivity index (χ2n) is 6.38. The van der Waals surface area contributed by atoms with Crippen LogP contribution in [-0.4, -0.2) is 121 Å². The summed E-state index contributed by atoms with van der Waals surface area (Å²) in [5, 5.41) is 50.8. The van der Waals surface area contributed by atoms with Crippen molar-refractivity contribution in [3.05, 3.63) is 0 Å². The van der Waals surface area contributed by atoms with Gasteiger partial charge in [-0.2, -0.15) is 0 Å². The fourth-order valence-corrected chi connectivity index (χ4v) is 3.12. The Labute approximate surface area is 150 Å². The highest BCUT2D eigenvalue weighted by molar-refractivity contribution is 4.98. The Kier molecular flexibility index (Phi) is 7.71. The Morgan fingerprint density at radius 2 is 1.38 bits per heavy atom. The topological polar surface area (TPSA) is 157 Å². The molecule has 0 radical (unpaired) electrons. The van der Waals surface area contributed by atoms with Crippen LogP contribution < -0.4 is 0 Å². The average Bonchev–Trinajstić information content (AvgIpc) is 2.83. The molecule has 0 aromatic heterocycles. The molecule has 9 atom stereocenters. The molecule has 0 saturated carbocycles. The van der Waals surface area contributed by atoms with Crippen molar-refractivity contribution in [3.63, 3.8) is 0 Å². The summed E-state index contributed by atoms with van der Waals surface area (Å²) in [4.78, 5) is 0. The fraction of sp³-hybridized carbons (Fsp3) is 1.00. The normalized spacial score (nSPS) is 46.6. The first-order chi connectivity index (χ1) is 12.3. The van der Waals surface area contributed by atoms with Gasteiger partial charge in [-0.15, -0.1) is 0 Å². The molecule has 0 aliphatic carbocycles. The molecular formula is C15H28O11. The Balaban J connectivity index is 2.20. The van der Waals surface area contributed by atoms with E-state index >= 15 is 0 Å². The van der Waals surface area contributed by atoms with E-state index in [9.17, 15) is 25.5 Å². The van der Waals surface area contributed by atoms with Crippen LogP contribution in [0.3, 0.4) is 0 Å². The third-order valence-electron chi connectivity index (χ3n) is 4.50. The SMILES string of the molecule is COC[C@@H]1O[C@H](O[C@@]2(COC)O[C@H](COC)[C@@H](O)[C@@H]2O)[C@@H](O)[C@H](O)[C@H]1O. The van der Waals surface area contributed by atoms with E-state index in [0.29, 0.717) is 0 Å². The third-order valence-corrected chi connectivity index (χ3v) is 4.50. The lowest BCUT2D eigenvalue weighted by Gasteiger charge is -2.43. The van der Waals surface area contributed by atoms with E-state index in [-0.39, 0.29) is 19.8 Å². The van der Waals surface area contributed by atoms with Crippen LogP contribution in [0.2, 0.25) is 0 Å². The molecule has 2 rings (SSSR count). The van der Waals surface area contributed by atoms with E-state index < -0.39 is 54.8 Å². The minimum atomic E-state index is -1.87. The van der Waals surface area contributed by atoms with Crippen molar-refractivity contribution in [3.8, 4) is 0 Å². The Hall–Kier alpha value is -0.440. The lowest BCUT2D eigenvalue weighted by molar-refractivity contribution is -0.385. The summed E-state index contributed by atoms with van der Waals surface area (Å²) in [5.41, 5.74) is 0. The first-order valence-corrected chi connectivity index (χ1v) is 8.19. The Morgan fingerprint density at radius 3 is 1.96 bits per heavy atom. The summed E-state index contributed by atoms with van der Waals surface area (Å²) >= 11 is 0. The summed E-state index contributed by atoms with van der Waals surface area (Å²) in [6.45, 7) is -0.388. The van der Waals surface area contributed by atoms with Crippen LogP contribution in [0, 0.1) is 0 Å². The number of rotatable bonds is 8. The second kappa shape index (κ2) is 9.17. The zero-order valence-corrected chi connectivity index (χ0v) is 14.9. The van der Waals surface area contributed by atoms with Gasteiger partial charge in [-0.25, -0.2) is 0 Å². The lowest BCUT2D eigenvalue weighted by atomic mass is 9.99. The Morgan fingerprint density at radius 1 is 0.769 bits per heavy atom. The molecule has 0 amide bonds. The lowest BCUT2D eigenvalue weighted by Crippen LogP contribution is -2.62. The quantitative estimate of drug-likeness (QED) is 0.284. The number of hydrogen-bond acceptors (Lipinski definition) is 11. The van der Waals surface area contributed by atoms with E-state index in [1.54, 1.807) is 0 Å². The fourth-order valence-electron chi connectivity index (χ4n) is 3.12. The van der Waals surface area contributed by atoms with Crippen molar-refractivity contribution >= 4 is 0 Å². The maximum absolute atomic E-state index is 10.4. The van der Waals surface area contributed by atoms with Gasteiger partial charge in [0.25, 0.3) is 0 Å². The van der Waals surface area contributed by atoms with Gasteiger partial charge < -0.3 is 54.0 Å². The van der Waals surface area contributed by atoms with Gasteiger partial charge in [0.1, 0.15) is 49.3 Å². The van der Waals surface area contributed by atoms with Gasteiger partial charge in [0.15, 0.2) is 6.29 Å². The first-order valence-electron chi connectivity index (χ1n) is 8.19. The third kappa shape index (κ3) is 4.18. The number of aliphatic hydroxyl groups is 5. The van der Waals surface area contributed by atoms with Crippen molar-refractivity contribution < 1.29 is 54.0 Å². The predicted octanol–water partition coefficient (Wildman–Crippen LogP) is -3.43. The molecule has 2 saturated heterocycles. The molecule has 0 bridgehead atoms. The highest BCUT2D eigenvalue weighted by atomic mass is 16.8. The molecular weight excluding hydrogens is 356 g/mol. The molecule has 5 N–H and O–H groups in total. The van der Waals surface area contributed by atoms with Gasteiger partial charge in [-0.1, -0.05) is 0 Å². The molecule has 11 nitrogen and oxygen atoms in total. The summed E-state index contributed by atoms with van der Waals surface area (Å²) in [7, 11) is 4.12. The highest BCUT2D eigenvalue weighted by Gasteiger charge is 2.58. The molecule has 0 aromatic carbocycles. The molecule has 0 aromatic rings. The molecule has 2 heterocycles. The molecule has 2 aliphatic heterocycles. The molecule has 154 valence electrons. The summed E-state index contributed by atoms with van der Waals surface area (Å²) in [5.74, 6) is -1.87. The molecule has 26 heavy (non-hydrogen) atoms. The number of hydrogen-bond donors (Lipinski definition) is 5. The molecule has 11 heteroatoms. The number of aliphatic hydroxyl groups excluding tert-OH is 5. The predicted molar refractivity (Wildman–Crippen MR) is 83.0 cm³/mol. The zero-order valence-electron chi connectivity index (χ0n) is 14.9. The van der Waals surface area contributed by atoms with Gasteiger partial charge in [-0.05, 0) is 0 Å². The molecule has 0 spiro atoms. The van der Waals surface area contributed by atoms with Crippen LogP contribution in [0.25, 0.3) is 0 Å². The van der Waals surface area contributed by atoms with Gasteiger partial charge in [0.2, 0.25) is 5.79 Å². The number of methoxy groups -OCH3 is 3. The van der Waals surface area contributed by atoms with Crippen LogP contribution >= 0.6 is 0 Å². The molecule has 2 aliphatic rings. The van der Waals surface area contributed by atoms with Crippen molar-refractivity contribution in [1.82, 2.24) is 0 Å². The van der Waals surface area contributed by atoms with Crippen molar-refractivity contribution in [2.45, 2.75) is 54.8 Å². The van der Waals surface area contributed by atoms with Crippen LogP contribution in [0.4, 0.5) is 0 Å².